The highest BCUT2D eigenvalue weighted by atomic mass is 32.2. The topological polar surface area (TPSA) is 54.4 Å². The predicted octanol–water partition coefficient (Wildman–Crippen LogP) is 18.3. The molecule has 0 amide bonds. The molecule has 0 bridgehead atoms. The molecule has 0 fully saturated rings. The molecule has 0 aromatic rings. The lowest BCUT2D eigenvalue weighted by Gasteiger charge is -2.38. The van der Waals surface area contributed by atoms with E-state index in [1.54, 1.807) is 0 Å². The van der Waals surface area contributed by atoms with Crippen molar-refractivity contribution in [3.63, 3.8) is 0 Å². The highest BCUT2D eigenvalue weighted by Crippen LogP contribution is 2.22. The second kappa shape index (κ2) is 45.4. The average molecular weight is 828 g/mol. The Bertz CT molecular complexity index is 778. The van der Waals surface area contributed by atoms with E-state index in [2.05, 4.69) is 20.8 Å². The fourth-order valence-corrected chi connectivity index (χ4v) is 10.4. The highest BCUT2D eigenvalue weighted by molar-refractivity contribution is 7.85. The molecule has 4 nitrogen and oxygen atoms in total. The summed E-state index contributed by atoms with van der Waals surface area (Å²) in [4.78, 5) is 0. The summed E-state index contributed by atoms with van der Waals surface area (Å²) >= 11 is 0. The molecule has 0 aliphatic carbocycles. The van der Waals surface area contributed by atoms with Crippen LogP contribution in [0.3, 0.4) is 0 Å². The van der Waals surface area contributed by atoms with Gasteiger partial charge in [0.1, 0.15) is 0 Å². The van der Waals surface area contributed by atoms with E-state index in [0.29, 0.717) is 4.48 Å². The van der Waals surface area contributed by atoms with Crippen molar-refractivity contribution >= 4 is 10.1 Å². The first-order valence-electron chi connectivity index (χ1n) is 26.7. The summed E-state index contributed by atoms with van der Waals surface area (Å²) in [6, 6.07) is 0. The van der Waals surface area contributed by atoms with Crippen LogP contribution in [-0.4, -0.2) is 43.0 Å². The zero-order valence-corrected chi connectivity index (χ0v) is 40.6. The van der Waals surface area contributed by atoms with Crippen molar-refractivity contribution in [1.29, 1.82) is 0 Å². The highest BCUT2D eigenvalue weighted by Gasteiger charge is 2.31. The molecule has 0 saturated heterocycles. The van der Waals surface area contributed by atoms with Crippen LogP contribution in [-0.2, 0) is 10.1 Å². The van der Waals surface area contributed by atoms with E-state index in [0.717, 1.165) is 38.9 Å². The van der Waals surface area contributed by atoms with Crippen LogP contribution >= 0.6 is 0 Å². The summed E-state index contributed by atoms with van der Waals surface area (Å²) in [5, 5.41) is 0. The van der Waals surface area contributed by atoms with Gasteiger partial charge < -0.3 is 4.48 Å². The molecule has 0 heterocycles. The zero-order chi connectivity index (χ0) is 41.6. The van der Waals surface area contributed by atoms with Crippen molar-refractivity contribution in [2.45, 2.75) is 310 Å². The van der Waals surface area contributed by atoms with E-state index in [4.69, 9.17) is 0 Å². The predicted molar refractivity (Wildman–Crippen MR) is 256 cm³/mol. The van der Waals surface area contributed by atoms with Crippen molar-refractivity contribution in [3.05, 3.63) is 0 Å². The maximum Gasteiger partial charge on any atom is 0.316 e. The third-order valence-corrected chi connectivity index (χ3v) is 14.0. The molecule has 0 atom stereocenters. The van der Waals surface area contributed by atoms with Crippen molar-refractivity contribution in [2.75, 3.05) is 25.5 Å². The van der Waals surface area contributed by atoms with Crippen LogP contribution in [0, 0.1) is 0 Å². The van der Waals surface area contributed by atoms with Gasteiger partial charge in [-0.3, -0.25) is 4.55 Å². The SMILES string of the molecule is CCCCCCCCCCCCCCCCC[N+](CCCCCCCCCCCCCCCCC)(CCCCCCCCCCCCCCCCC)CS(=O)(=O)O. The summed E-state index contributed by atoms with van der Waals surface area (Å²) in [5.41, 5.74) is 0. The molecule has 1 N–H and O–H groups in total. The van der Waals surface area contributed by atoms with E-state index in [-0.39, 0.29) is 5.88 Å². The first kappa shape index (κ1) is 56.9. The van der Waals surface area contributed by atoms with Gasteiger partial charge in [0.2, 0.25) is 5.88 Å². The zero-order valence-electron chi connectivity index (χ0n) is 39.8. The van der Waals surface area contributed by atoms with E-state index >= 15 is 0 Å². The Morgan fingerprint density at radius 3 is 0.544 bits per heavy atom. The van der Waals surface area contributed by atoms with Crippen LogP contribution in [0.4, 0.5) is 0 Å². The number of quaternary nitrogens is 1. The van der Waals surface area contributed by atoms with Gasteiger partial charge in [-0.1, -0.05) is 271 Å². The van der Waals surface area contributed by atoms with Crippen molar-refractivity contribution in [2.24, 2.45) is 0 Å². The number of nitrogens with zero attached hydrogens (tertiary/aromatic N) is 1. The minimum Gasteiger partial charge on any atom is -0.309 e. The Morgan fingerprint density at radius 1 is 0.263 bits per heavy atom. The lowest BCUT2D eigenvalue weighted by atomic mass is 10.0. The third-order valence-electron chi connectivity index (χ3n) is 13.1. The minimum atomic E-state index is -4.02. The Balaban J connectivity index is 4.55. The molecule has 0 aliphatic rings. The first-order valence-corrected chi connectivity index (χ1v) is 28.3. The Hall–Kier alpha value is -0.130. The largest absolute Gasteiger partial charge is 0.316 e. The number of unbranched alkanes of at least 4 members (excludes halogenated alkanes) is 42. The fourth-order valence-electron chi connectivity index (χ4n) is 9.33. The first-order chi connectivity index (χ1) is 27.9. The lowest BCUT2D eigenvalue weighted by molar-refractivity contribution is -0.918. The molecule has 0 aromatic heterocycles. The second-order valence-electron chi connectivity index (χ2n) is 19.1. The molecule has 5 heteroatoms. The van der Waals surface area contributed by atoms with Crippen molar-refractivity contribution < 1.29 is 17.5 Å². The molecule has 0 aromatic carbocycles. The van der Waals surface area contributed by atoms with Gasteiger partial charge in [-0.15, -0.1) is 0 Å². The Kier molecular flexibility index (Phi) is 45.3. The van der Waals surface area contributed by atoms with Crippen LogP contribution in [0.2, 0.25) is 0 Å². The van der Waals surface area contributed by atoms with Crippen LogP contribution in [0.5, 0.6) is 0 Å². The van der Waals surface area contributed by atoms with Gasteiger partial charge >= 0.3 is 10.1 Å². The standard InChI is InChI=1S/C52H107NO3S/c1-4-7-10-13-16-19-22-25-28-31-34-37-40-43-46-49-53(52-57(54,55)56,50-47-44-41-38-35-32-29-26-23-20-17-14-11-8-5-2)51-48-45-42-39-36-33-30-27-24-21-18-15-12-9-6-3/h4-52H2,1-3H3/p+1. The maximum absolute atomic E-state index is 12.5. The monoisotopic (exact) mass is 827 g/mol. The molecule has 0 saturated carbocycles. The summed E-state index contributed by atoms with van der Waals surface area (Å²) in [7, 11) is -4.02. The van der Waals surface area contributed by atoms with Crippen LogP contribution in [0.15, 0.2) is 0 Å². The van der Waals surface area contributed by atoms with Gasteiger partial charge in [-0.05, 0) is 38.5 Å². The van der Waals surface area contributed by atoms with Crippen molar-refractivity contribution in [1.82, 2.24) is 0 Å². The van der Waals surface area contributed by atoms with Gasteiger partial charge in [0.15, 0.2) is 0 Å². The van der Waals surface area contributed by atoms with Gasteiger partial charge in [0, 0.05) is 0 Å². The molecule has 57 heavy (non-hydrogen) atoms. The van der Waals surface area contributed by atoms with Gasteiger partial charge in [0.25, 0.3) is 0 Å². The molecule has 0 aliphatic heterocycles. The molecule has 0 rings (SSSR count). The summed E-state index contributed by atoms with van der Waals surface area (Å²) < 4.78 is 35.7. The van der Waals surface area contributed by atoms with Crippen molar-refractivity contribution in [3.8, 4) is 0 Å². The lowest BCUT2D eigenvalue weighted by Crippen LogP contribution is -2.53. The van der Waals surface area contributed by atoms with Gasteiger partial charge in [-0.25, -0.2) is 0 Å². The molecular formula is C52H108NO3S+. The smallest absolute Gasteiger partial charge is 0.309 e. The summed E-state index contributed by atoms with van der Waals surface area (Å²) in [5.74, 6) is -0.0805. The van der Waals surface area contributed by atoms with Crippen LogP contribution in [0.1, 0.15) is 310 Å². The number of hydrogen-bond donors (Lipinski definition) is 1. The van der Waals surface area contributed by atoms with E-state index in [9.17, 15) is 13.0 Å². The maximum atomic E-state index is 12.5. The fraction of sp³-hybridized carbons (Fsp3) is 1.00. The van der Waals surface area contributed by atoms with E-state index in [1.165, 1.54) is 270 Å². The number of hydrogen-bond acceptors (Lipinski definition) is 2. The van der Waals surface area contributed by atoms with E-state index in [1.807, 2.05) is 0 Å². The molecular weight excluding hydrogens is 719 g/mol. The average Bonchev–Trinajstić information content (AvgIpc) is 3.18. The summed E-state index contributed by atoms with van der Waals surface area (Å²) in [6.07, 6.45) is 60.7. The minimum absolute atomic E-state index is 0.0805. The van der Waals surface area contributed by atoms with Gasteiger partial charge in [-0.2, -0.15) is 8.42 Å². The molecule has 344 valence electrons. The van der Waals surface area contributed by atoms with Crippen LogP contribution < -0.4 is 0 Å². The summed E-state index contributed by atoms with van der Waals surface area (Å²) in [6.45, 7) is 9.61. The second-order valence-corrected chi connectivity index (χ2v) is 20.5. The normalized spacial score (nSPS) is 12.3. The quantitative estimate of drug-likeness (QED) is 0.0378. The van der Waals surface area contributed by atoms with Crippen LogP contribution in [0.25, 0.3) is 0 Å². The Morgan fingerprint density at radius 2 is 0.404 bits per heavy atom. The third kappa shape index (κ3) is 45.2. The molecule has 0 unspecified atom stereocenters. The number of rotatable bonds is 50. The van der Waals surface area contributed by atoms with E-state index < -0.39 is 10.1 Å². The molecule has 0 radical (unpaired) electrons. The Labute approximate surface area is 361 Å². The molecule has 0 spiro atoms. The van der Waals surface area contributed by atoms with Gasteiger partial charge in [0.05, 0.1) is 19.6 Å².